The van der Waals surface area contributed by atoms with Crippen molar-refractivity contribution >= 4 is 33.2 Å². The van der Waals surface area contributed by atoms with Gasteiger partial charge in [0.15, 0.2) is 0 Å². The van der Waals surface area contributed by atoms with Crippen LogP contribution in [0, 0.1) is 6.92 Å². The lowest BCUT2D eigenvalue weighted by molar-refractivity contribution is -0.118. The Kier molecular flexibility index (Phi) is 6.09. The van der Waals surface area contributed by atoms with E-state index < -0.39 is 15.9 Å². The van der Waals surface area contributed by atoms with Gasteiger partial charge in [-0.1, -0.05) is 24.3 Å². The summed E-state index contributed by atoms with van der Waals surface area (Å²) in [5, 5.41) is 5.10. The predicted octanol–water partition coefficient (Wildman–Crippen LogP) is 2.53. The average molecular weight is 430 g/mol. The summed E-state index contributed by atoms with van der Waals surface area (Å²) in [5.41, 5.74) is 2.58. The van der Waals surface area contributed by atoms with E-state index in [-0.39, 0.29) is 17.2 Å². The van der Waals surface area contributed by atoms with Crippen molar-refractivity contribution in [1.82, 2.24) is 15.0 Å². The Hall–Kier alpha value is -3.04. The molecule has 3 aromatic rings. The molecule has 7 nitrogen and oxygen atoms in total. The molecular formula is C20H19N3O4S2. The molecule has 0 bridgehead atoms. The zero-order valence-corrected chi connectivity index (χ0v) is 17.4. The minimum absolute atomic E-state index is 0.00818. The third kappa shape index (κ3) is 5.07. The van der Waals surface area contributed by atoms with Gasteiger partial charge < -0.3 is 5.32 Å². The van der Waals surface area contributed by atoms with Crippen LogP contribution in [0.25, 0.3) is 10.6 Å². The number of nitrogens with zero attached hydrogens (tertiary/aromatic N) is 1. The second kappa shape index (κ2) is 8.54. The zero-order chi connectivity index (χ0) is 21.0. The molecule has 0 aliphatic carbocycles. The Morgan fingerprint density at radius 2 is 1.83 bits per heavy atom. The fourth-order valence-corrected chi connectivity index (χ4v) is 4.46. The first kappa shape index (κ1) is 20.7. The smallest absolute Gasteiger partial charge is 0.264 e. The van der Waals surface area contributed by atoms with Gasteiger partial charge in [0.05, 0.1) is 11.3 Å². The van der Waals surface area contributed by atoms with Crippen LogP contribution in [-0.2, 0) is 21.2 Å². The molecule has 1 heterocycles. The lowest BCUT2D eigenvalue weighted by atomic mass is 10.1. The number of benzene rings is 2. The number of hydrogen-bond acceptors (Lipinski definition) is 6. The van der Waals surface area contributed by atoms with E-state index in [0.29, 0.717) is 21.7 Å². The summed E-state index contributed by atoms with van der Waals surface area (Å²) < 4.78 is 27.3. The maximum atomic E-state index is 12.6. The third-order valence-electron chi connectivity index (χ3n) is 4.07. The molecule has 0 unspecified atom stereocenters. The van der Waals surface area contributed by atoms with Crippen molar-refractivity contribution in [2.24, 2.45) is 0 Å². The van der Waals surface area contributed by atoms with Crippen molar-refractivity contribution in [2.75, 3.05) is 7.05 Å². The minimum atomic E-state index is -4.02. The van der Waals surface area contributed by atoms with Crippen molar-refractivity contribution in [3.8, 4) is 10.6 Å². The highest BCUT2D eigenvalue weighted by Gasteiger charge is 2.19. The van der Waals surface area contributed by atoms with E-state index >= 15 is 0 Å². The molecule has 0 spiro atoms. The normalized spacial score (nSPS) is 11.1. The first-order valence-corrected chi connectivity index (χ1v) is 11.0. The summed E-state index contributed by atoms with van der Waals surface area (Å²) in [6.07, 6.45) is -0.126. The fraction of sp³-hybridized carbons (Fsp3) is 0.150. The highest BCUT2D eigenvalue weighted by atomic mass is 32.2. The molecule has 0 fully saturated rings. The molecule has 2 aromatic carbocycles. The average Bonchev–Trinajstić information content (AvgIpc) is 3.14. The Labute approximate surface area is 172 Å². The molecule has 3 rings (SSSR count). The van der Waals surface area contributed by atoms with Gasteiger partial charge in [0.1, 0.15) is 5.01 Å². The number of amides is 2. The topological polar surface area (TPSA) is 105 Å². The second-order valence-corrected chi connectivity index (χ2v) is 8.84. The standard InChI is InChI=1S/C20H19N3O4S2/c1-13-12-28-20(22-13)16-4-3-5-17(11-16)29(26,27)23-18(24)10-14-6-8-15(9-7-14)19(25)21-2/h3-9,11-12H,10H2,1-2H3,(H,21,25)(H,23,24). The molecule has 0 atom stereocenters. The minimum Gasteiger partial charge on any atom is -0.355 e. The Morgan fingerprint density at radius 3 is 2.45 bits per heavy atom. The van der Waals surface area contributed by atoms with E-state index in [2.05, 4.69) is 15.0 Å². The van der Waals surface area contributed by atoms with Gasteiger partial charge in [0.25, 0.3) is 15.9 Å². The van der Waals surface area contributed by atoms with Gasteiger partial charge in [-0.15, -0.1) is 11.3 Å². The van der Waals surface area contributed by atoms with Crippen LogP contribution in [0.5, 0.6) is 0 Å². The highest BCUT2D eigenvalue weighted by molar-refractivity contribution is 7.90. The summed E-state index contributed by atoms with van der Waals surface area (Å²) in [7, 11) is -2.49. The van der Waals surface area contributed by atoms with Crippen LogP contribution in [0.1, 0.15) is 21.6 Å². The summed E-state index contributed by atoms with van der Waals surface area (Å²) in [6, 6.07) is 12.7. The van der Waals surface area contributed by atoms with Crippen molar-refractivity contribution < 1.29 is 18.0 Å². The van der Waals surface area contributed by atoms with E-state index in [4.69, 9.17) is 0 Å². The van der Waals surface area contributed by atoms with E-state index in [1.165, 1.54) is 30.5 Å². The lowest BCUT2D eigenvalue weighted by Gasteiger charge is -2.08. The Balaban J connectivity index is 1.72. The molecule has 9 heteroatoms. The van der Waals surface area contributed by atoms with Crippen molar-refractivity contribution in [3.05, 3.63) is 70.7 Å². The molecule has 0 saturated heterocycles. The fourth-order valence-electron chi connectivity index (χ4n) is 2.63. The van der Waals surface area contributed by atoms with Gasteiger partial charge in [0.2, 0.25) is 5.91 Å². The number of nitrogens with one attached hydrogen (secondary N) is 2. The second-order valence-electron chi connectivity index (χ2n) is 6.30. The summed E-state index contributed by atoms with van der Waals surface area (Å²) in [4.78, 5) is 28.2. The van der Waals surface area contributed by atoms with Gasteiger partial charge in [0, 0.05) is 29.2 Å². The number of sulfonamides is 1. The Bertz CT molecular complexity index is 1150. The van der Waals surface area contributed by atoms with Gasteiger partial charge in [-0.25, -0.2) is 18.1 Å². The molecule has 0 aliphatic heterocycles. The number of thiazole rings is 1. The first-order valence-electron chi connectivity index (χ1n) is 8.68. The number of aryl methyl sites for hydroxylation is 1. The SMILES string of the molecule is CNC(=O)c1ccc(CC(=O)NS(=O)(=O)c2cccc(-c3nc(C)cs3)c2)cc1. The van der Waals surface area contributed by atoms with Crippen LogP contribution < -0.4 is 10.0 Å². The Morgan fingerprint density at radius 1 is 1.10 bits per heavy atom. The van der Waals surface area contributed by atoms with Crippen LogP contribution in [0.4, 0.5) is 0 Å². The molecule has 2 N–H and O–H groups in total. The summed E-state index contributed by atoms with van der Waals surface area (Å²) >= 11 is 1.42. The van der Waals surface area contributed by atoms with Crippen LogP contribution >= 0.6 is 11.3 Å². The quantitative estimate of drug-likeness (QED) is 0.626. The van der Waals surface area contributed by atoms with E-state index in [0.717, 1.165) is 5.69 Å². The van der Waals surface area contributed by atoms with Crippen LogP contribution in [0.15, 0.2) is 58.8 Å². The molecule has 2 amide bonds. The third-order valence-corrected chi connectivity index (χ3v) is 6.45. The number of hydrogen-bond donors (Lipinski definition) is 2. The molecule has 0 aliphatic rings. The lowest BCUT2D eigenvalue weighted by Crippen LogP contribution is -2.31. The van der Waals surface area contributed by atoms with Crippen molar-refractivity contribution in [1.29, 1.82) is 0 Å². The molecule has 29 heavy (non-hydrogen) atoms. The van der Waals surface area contributed by atoms with Crippen molar-refractivity contribution in [3.63, 3.8) is 0 Å². The van der Waals surface area contributed by atoms with Crippen molar-refractivity contribution in [2.45, 2.75) is 18.2 Å². The number of carbonyl (C=O) groups excluding carboxylic acids is 2. The molecule has 0 saturated carbocycles. The van der Waals surface area contributed by atoms with Crippen LogP contribution in [0.2, 0.25) is 0 Å². The van der Waals surface area contributed by atoms with E-state index in [1.54, 1.807) is 36.4 Å². The molecule has 150 valence electrons. The van der Waals surface area contributed by atoms with Gasteiger partial charge in [-0.3, -0.25) is 9.59 Å². The number of rotatable bonds is 6. The number of carbonyl (C=O) groups is 2. The highest BCUT2D eigenvalue weighted by Crippen LogP contribution is 2.25. The van der Waals surface area contributed by atoms with E-state index in [1.807, 2.05) is 12.3 Å². The molecule has 0 radical (unpaired) electrons. The van der Waals surface area contributed by atoms with Gasteiger partial charge in [-0.05, 0) is 36.8 Å². The predicted molar refractivity (Wildman–Crippen MR) is 111 cm³/mol. The maximum Gasteiger partial charge on any atom is 0.264 e. The zero-order valence-electron chi connectivity index (χ0n) is 15.8. The number of aromatic nitrogens is 1. The van der Waals surface area contributed by atoms with E-state index in [9.17, 15) is 18.0 Å². The first-order chi connectivity index (χ1) is 13.8. The summed E-state index contributed by atoms with van der Waals surface area (Å²) in [6.45, 7) is 1.86. The van der Waals surface area contributed by atoms with Crippen LogP contribution in [-0.4, -0.2) is 32.3 Å². The largest absolute Gasteiger partial charge is 0.355 e. The monoisotopic (exact) mass is 429 g/mol. The van der Waals surface area contributed by atoms with Gasteiger partial charge in [-0.2, -0.15) is 0 Å². The molecule has 1 aromatic heterocycles. The summed E-state index contributed by atoms with van der Waals surface area (Å²) in [5.74, 6) is -0.896. The van der Waals surface area contributed by atoms with Gasteiger partial charge >= 0.3 is 0 Å². The maximum absolute atomic E-state index is 12.6. The molecular weight excluding hydrogens is 410 g/mol. The van der Waals surface area contributed by atoms with Crippen LogP contribution in [0.3, 0.4) is 0 Å².